The van der Waals surface area contributed by atoms with Crippen molar-refractivity contribution < 1.29 is 0 Å². The van der Waals surface area contributed by atoms with E-state index in [2.05, 4.69) is 52.5 Å². The Labute approximate surface area is 118 Å². The minimum Gasteiger partial charge on any atom is -0.271 e. The van der Waals surface area contributed by atoms with E-state index in [1.807, 2.05) is 0 Å². The maximum absolute atomic E-state index is 5.77. The van der Waals surface area contributed by atoms with Gasteiger partial charge in [0.1, 0.15) is 0 Å². The SMILES string of the molecule is CC1CCCC(C(Cc2cccc(Br)c2)NN)C1. The van der Waals surface area contributed by atoms with Crippen molar-refractivity contribution >= 4 is 15.9 Å². The molecule has 0 heterocycles. The third kappa shape index (κ3) is 3.81. The van der Waals surface area contributed by atoms with Crippen LogP contribution in [0, 0.1) is 11.8 Å². The Hall–Kier alpha value is -0.380. The molecular formula is C15H23BrN2. The highest BCUT2D eigenvalue weighted by molar-refractivity contribution is 9.10. The standard InChI is InChI=1S/C15H23BrN2/c1-11-4-2-6-13(8-11)15(18-17)10-12-5-3-7-14(16)9-12/h3,5,7,9,11,13,15,18H,2,4,6,8,10,17H2,1H3. The third-order valence-corrected chi connectivity index (χ3v) is 4.60. The normalized spacial score (nSPS) is 25.9. The summed E-state index contributed by atoms with van der Waals surface area (Å²) in [4.78, 5) is 0. The van der Waals surface area contributed by atoms with Crippen molar-refractivity contribution in [3.05, 3.63) is 34.3 Å². The minimum atomic E-state index is 0.405. The van der Waals surface area contributed by atoms with Crippen LogP contribution in [0.5, 0.6) is 0 Å². The largest absolute Gasteiger partial charge is 0.271 e. The highest BCUT2D eigenvalue weighted by Gasteiger charge is 2.26. The smallest absolute Gasteiger partial charge is 0.0279 e. The summed E-state index contributed by atoms with van der Waals surface area (Å²) in [5, 5.41) is 0. The molecule has 0 aliphatic heterocycles. The van der Waals surface area contributed by atoms with E-state index in [0.717, 1.165) is 22.7 Å². The Morgan fingerprint density at radius 3 is 2.94 bits per heavy atom. The summed E-state index contributed by atoms with van der Waals surface area (Å²) in [5.41, 5.74) is 4.40. The zero-order valence-corrected chi connectivity index (χ0v) is 12.6. The predicted molar refractivity (Wildman–Crippen MR) is 80.1 cm³/mol. The molecule has 3 heteroatoms. The van der Waals surface area contributed by atoms with Crippen LogP contribution in [0.1, 0.15) is 38.2 Å². The van der Waals surface area contributed by atoms with E-state index in [4.69, 9.17) is 5.84 Å². The van der Waals surface area contributed by atoms with Gasteiger partial charge in [0.2, 0.25) is 0 Å². The molecule has 1 aliphatic carbocycles. The summed E-state index contributed by atoms with van der Waals surface area (Å²) in [6.07, 6.45) is 6.37. The van der Waals surface area contributed by atoms with Crippen molar-refractivity contribution in [3.63, 3.8) is 0 Å². The Kier molecular flexibility index (Phi) is 5.22. The average Bonchev–Trinajstić information content (AvgIpc) is 2.36. The average molecular weight is 311 g/mol. The summed E-state index contributed by atoms with van der Waals surface area (Å²) in [6, 6.07) is 8.94. The van der Waals surface area contributed by atoms with Gasteiger partial charge in [0.25, 0.3) is 0 Å². The van der Waals surface area contributed by atoms with Crippen LogP contribution in [-0.2, 0) is 6.42 Å². The Bertz CT molecular complexity index is 381. The Morgan fingerprint density at radius 2 is 2.28 bits per heavy atom. The van der Waals surface area contributed by atoms with Gasteiger partial charge in [-0.3, -0.25) is 11.3 Å². The van der Waals surface area contributed by atoms with Crippen LogP contribution in [0.15, 0.2) is 28.7 Å². The van der Waals surface area contributed by atoms with Gasteiger partial charge in [0.05, 0.1) is 0 Å². The molecule has 1 aliphatic rings. The van der Waals surface area contributed by atoms with Gasteiger partial charge >= 0.3 is 0 Å². The number of nitrogens with one attached hydrogen (secondary N) is 1. The molecule has 0 amide bonds. The van der Waals surface area contributed by atoms with E-state index in [0.29, 0.717) is 6.04 Å². The molecule has 3 atom stereocenters. The van der Waals surface area contributed by atoms with Crippen molar-refractivity contribution in [1.29, 1.82) is 0 Å². The summed E-state index contributed by atoms with van der Waals surface area (Å²) in [6.45, 7) is 2.36. The highest BCUT2D eigenvalue weighted by atomic mass is 79.9. The first kappa shape index (κ1) is 14.0. The van der Waals surface area contributed by atoms with Gasteiger partial charge in [0, 0.05) is 10.5 Å². The lowest BCUT2D eigenvalue weighted by molar-refractivity contribution is 0.222. The molecule has 3 N–H and O–H groups in total. The first-order valence-electron chi connectivity index (χ1n) is 6.89. The molecular weight excluding hydrogens is 288 g/mol. The second-order valence-electron chi connectivity index (χ2n) is 5.64. The van der Waals surface area contributed by atoms with Crippen molar-refractivity contribution in [1.82, 2.24) is 5.43 Å². The maximum atomic E-state index is 5.77. The summed E-state index contributed by atoms with van der Waals surface area (Å²) >= 11 is 3.53. The quantitative estimate of drug-likeness (QED) is 0.658. The van der Waals surface area contributed by atoms with Crippen molar-refractivity contribution in [2.24, 2.45) is 17.7 Å². The van der Waals surface area contributed by atoms with Crippen molar-refractivity contribution in [2.45, 2.75) is 45.1 Å². The van der Waals surface area contributed by atoms with Gasteiger partial charge < -0.3 is 0 Å². The minimum absolute atomic E-state index is 0.405. The number of benzene rings is 1. The lowest BCUT2D eigenvalue weighted by Crippen LogP contribution is -2.43. The van der Waals surface area contributed by atoms with Gasteiger partial charge in [-0.2, -0.15) is 0 Å². The van der Waals surface area contributed by atoms with Crippen LogP contribution in [0.3, 0.4) is 0 Å². The van der Waals surface area contributed by atoms with Crippen LogP contribution in [0.4, 0.5) is 0 Å². The van der Waals surface area contributed by atoms with Crippen LogP contribution in [-0.4, -0.2) is 6.04 Å². The van der Waals surface area contributed by atoms with Crippen molar-refractivity contribution in [3.8, 4) is 0 Å². The number of hydrogen-bond acceptors (Lipinski definition) is 2. The van der Waals surface area contributed by atoms with Gasteiger partial charge in [-0.1, -0.05) is 47.8 Å². The topological polar surface area (TPSA) is 38.0 Å². The molecule has 3 unspecified atom stereocenters. The first-order valence-corrected chi connectivity index (χ1v) is 7.69. The van der Waals surface area contributed by atoms with Crippen LogP contribution in [0.25, 0.3) is 0 Å². The van der Waals surface area contributed by atoms with E-state index in [1.165, 1.54) is 31.2 Å². The molecule has 0 aromatic heterocycles. The molecule has 1 fully saturated rings. The lowest BCUT2D eigenvalue weighted by atomic mass is 9.77. The van der Waals surface area contributed by atoms with E-state index in [9.17, 15) is 0 Å². The number of nitrogens with two attached hydrogens (primary N) is 1. The second-order valence-corrected chi connectivity index (χ2v) is 6.55. The fourth-order valence-electron chi connectivity index (χ4n) is 3.13. The third-order valence-electron chi connectivity index (χ3n) is 4.10. The summed E-state index contributed by atoms with van der Waals surface area (Å²) in [5.74, 6) is 7.34. The molecule has 0 radical (unpaired) electrons. The predicted octanol–water partition coefficient (Wildman–Crippen LogP) is 3.65. The maximum Gasteiger partial charge on any atom is 0.0279 e. The van der Waals surface area contributed by atoms with Gasteiger partial charge in [-0.25, -0.2) is 0 Å². The van der Waals surface area contributed by atoms with Gasteiger partial charge in [0.15, 0.2) is 0 Å². The molecule has 1 aromatic carbocycles. The number of hydrogen-bond donors (Lipinski definition) is 2. The molecule has 0 saturated heterocycles. The van der Waals surface area contributed by atoms with E-state index < -0.39 is 0 Å². The Morgan fingerprint density at radius 1 is 1.44 bits per heavy atom. The van der Waals surface area contributed by atoms with Gasteiger partial charge in [-0.05, 0) is 48.8 Å². The first-order chi connectivity index (χ1) is 8.69. The zero-order valence-electron chi connectivity index (χ0n) is 11.0. The fraction of sp³-hybridized carbons (Fsp3) is 0.600. The molecule has 0 spiro atoms. The summed E-state index contributed by atoms with van der Waals surface area (Å²) < 4.78 is 1.15. The van der Waals surface area contributed by atoms with Gasteiger partial charge in [-0.15, -0.1) is 0 Å². The van der Waals surface area contributed by atoms with E-state index in [1.54, 1.807) is 0 Å². The van der Waals surface area contributed by atoms with Crippen LogP contribution in [0.2, 0.25) is 0 Å². The monoisotopic (exact) mass is 310 g/mol. The van der Waals surface area contributed by atoms with Crippen LogP contribution >= 0.6 is 15.9 Å². The lowest BCUT2D eigenvalue weighted by Gasteiger charge is -2.33. The Balaban J connectivity index is 2.00. The summed E-state index contributed by atoms with van der Waals surface area (Å²) in [7, 11) is 0. The molecule has 1 saturated carbocycles. The fourth-order valence-corrected chi connectivity index (χ4v) is 3.57. The highest BCUT2D eigenvalue weighted by Crippen LogP contribution is 2.31. The number of rotatable bonds is 4. The molecule has 100 valence electrons. The van der Waals surface area contributed by atoms with E-state index in [-0.39, 0.29) is 0 Å². The van der Waals surface area contributed by atoms with E-state index >= 15 is 0 Å². The number of halogens is 1. The zero-order chi connectivity index (χ0) is 13.0. The molecule has 1 aromatic rings. The second kappa shape index (κ2) is 6.69. The van der Waals surface area contributed by atoms with Crippen LogP contribution < -0.4 is 11.3 Å². The molecule has 0 bridgehead atoms. The molecule has 2 nitrogen and oxygen atoms in total. The molecule has 2 rings (SSSR count). The molecule has 18 heavy (non-hydrogen) atoms. The number of hydrazine groups is 1. The van der Waals surface area contributed by atoms with Crippen molar-refractivity contribution in [2.75, 3.05) is 0 Å².